The van der Waals surface area contributed by atoms with Crippen LogP contribution in [0.25, 0.3) is 11.2 Å². The number of rotatable bonds is 7. The lowest BCUT2D eigenvalue weighted by molar-refractivity contribution is -0.116. The Bertz CT molecular complexity index is 1260. The first-order valence-electron chi connectivity index (χ1n) is 9.83. The summed E-state index contributed by atoms with van der Waals surface area (Å²) in [5.41, 5.74) is 0.502. The van der Waals surface area contributed by atoms with E-state index >= 15 is 0 Å². The smallest absolute Gasteiger partial charge is 0.341 e. The number of nitrogens with one attached hydrogen (secondary N) is 1. The summed E-state index contributed by atoms with van der Waals surface area (Å²) >= 11 is 1.26. The number of ether oxygens (including phenoxy) is 1. The minimum atomic E-state index is -0.536. The second-order valence-electron chi connectivity index (χ2n) is 7.58. The predicted octanol–water partition coefficient (Wildman–Crippen LogP) is 1.51. The average molecular weight is 448 g/mol. The van der Waals surface area contributed by atoms with Crippen molar-refractivity contribution in [3.8, 4) is 0 Å². The normalized spacial score (nSPS) is 11.3. The van der Waals surface area contributed by atoms with Crippen molar-refractivity contribution in [3.05, 3.63) is 43.7 Å². The maximum atomic E-state index is 12.8. The third-order valence-electron chi connectivity index (χ3n) is 4.76. The van der Waals surface area contributed by atoms with Crippen LogP contribution in [0.2, 0.25) is 0 Å². The Morgan fingerprint density at radius 2 is 1.94 bits per heavy atom. The molecule has 11 heteroatoms. The molecule has 0 aliphatic heterocycles. The summed E-state index contributed by atoms with van der Waals surface area (Å²) in [6.45, 7) is 5.84. The summed E-state index contributed by atoms with van der Waals surface area (Å²) in [6.07, 6.45) is 2.02. The van der Waals surface area contributed by atoms with Crippen LogP contribution in [0.1, 0.15) is 36.7 Å². The molecule has 1 N–H and O–H groups in total. The molecular weight excluding hydrogens is 422 g/mol. The molecular formula is C20H25N5O5S. The SMILES string of the molecule is CCOC(=O)c1c(CC(C)C)csc1NC(=O)Cn1cnc2c1c(=O)n(C)c(=O)n2C. The Hall–Kier alpha value is -3.21. The second-order valence-corrected chi connectivity index (χ2v) is 8.46. The van der Waals surface area contributed by atoms with Crippen LogP contribution in [-0.2, 0) is 36.6 Å². The van der Waals surface area contributed by atoms with Crippen molar-refractivity contribution in [1.82, 2.24) is 18.7 Å². The van der Waals surface area contributed by atoms with Gasteiger partial charge in [-0.25, -0.2) is 14.6 Å². The van der Waals surface area contributed by atoms with E-state index in [0.29, 0.717) is 22.9 Å². The van der Waals surface area contributed by atoms with Crippen LogP contribution in [-0.4, -0.2) is 37.2 Å². The number of aryl methyl sites for hydroxylation is 1. The van der Waals surface area contributed by atoms with Crippen molar-refractivity contribution in [1.29, 1.82) is 0 Å². The fourth-order valence-electron chi connectivity index (χ4n) is 3.34. The molecule has 31 heavy (non-hydrogen) atoms. The van der Waals surface area contributed by atoms with Gasteiger partial charge in [0.2, 0.25) is 5.91 Å². The fourth-order valence-corrected chi connectivity index (χ4v) is 4.32. The van der Waals surface area contributed by atoms with Gasteiger partial charge in [0.05, 0.1) is 18.5 Å². The van der Waals surface area contributed by atoms with Crippen LogP contribution < -0.4 is 16.6 Å². The van der Waals surface area contributed by atoms with E-state index in [1.807, 2.05) is 19.2 Å². The van der Waals surface area contributed by atoms with Gasteiger partial charge in [0.1, 0.15) is 11.5 Å². The van der Waals surface area contributed by atoms with Crippen LogP contribution in [0, 0.1) is 5.92 Å². The number of hydrogen-bond acceptors (Lipinski definition) is 7. The van der Waals surface area contributed by atoms with Crippen LogP contribution in [0.4, 0.5) is 5.00 Å². The molecule has 3 aromatic heterocycles. The van der Waals surface area contributed by atoms with Crippen molar-refractivity contribution in [3.63, 3.8) is 0 Å². The molecule has 3 heterocycles. The van der Waals surface area contributed by atoms with Gasteiger partial charge in [0.25, 0.3) is 5.56 Å². The fraction of sp³-hybridized carbons (Fsp3) is 0.450. The first kappa shape index (κ1) is 22.5. The third-order valence-corrected chi connectivity index (χ3v) is 5.70. The van der Waals surface area contributed by atoms with Gasteiger partial charge in [-0.3, -0.25) is 18.7 Å². The van der Waals surface area contributed by atoms with Gasteiger partial charge in [-0.2, -0.15) is 0 Å². The summed E-state index contributed by atoms with van der Waals surface area (Å²) in [5, 5.41) is 5.01. The first-order valence-corrected chi connectivity index (χ1v) is 10.7. The maximum absolute atomic E-state index is 12.8. The molecule has 0 aliphatic carbocycles. The summed E-state index contributed by atoms with van der Waals surface area (Å²) in [7, 11) is 2.88. The Balaban J connectivity index is 1.92. The highest BCUT2D eigenvalue weighted by Gasteiger charge is 2.23. The number of carbonyl (C=O) groups is 2. The topological polar surface area (TPSA) is 117 Å². The van der Waals surface area contributed by atoms with Crippen molar-refractivity contribution in [2.75, 3.05) is 11.9 Å². The van der Waals surface area contributed by atoms with Crippen LogP contribution in [0.3, 0.4) is 0 Å². The molecule has 0 radical (unpaired) electrons. The zero-order valence-electron chi connectivity index (χ0n) is 18.1. The van der Waals surface area contributed by atoms with Crippen LogP contribution in [0.15, 0.2) is 21.3 Å². The third kappa shape index (κ3) is 4.31. The lowest BCUT2D eigenvalue weighted by Gasteiger charge is -2.10. The van der Waals surface area contributed by atoms with Gasteiger partial charge >= 0.3 is 11.7 Å². The van der Waals surface area contributed by atoms with E-state index in [-0.39, 0.29) is 24.3 Å². The van der Waals surface area contributed by atoms with E-state index in [1.54, 1.807) is 6.92 Å². The van der Waals surface area contributed by atoms with Crippen LogP contribution in [0.5, 0.6) is 0 Å². The number of thiophene rings is 1. The number of fused-ring (bicyclic) bond motifs is 1. The van der Waals surface area contributed by atoms with E-state index in [9.17, 15) is 19.2 Å². The molecule has 0 aliphatic rings. The quantitative estimate of drug-likeness (QED) is 0.549. The zero-order valence-corrected chi connectivity index (χ0v) is 18.9. The monoisotopic (exact) mass is 447 g/mol. The van der Waals surface area contributed by atoms with Gasteiger partial charge in [0.15, 0.2) is 11.2 Å². The molecule has 0 bridgehead atoms. The number of imidazole rings is 1. The van der Waals surface area contributed by atoms with E-state index < -0.39 is 23.1 Å². The lowest BCUT2D eigenvalue weighted by atomic mass is 10.0. The molecule has 0 saturated heterocycles. The Labute approximate surface area is 182 Å². The molecule has 3 aromatic rings. The van der Waals surface area contributed by atoms with Gasteiger partial charge in [-0.1, -0.05) is 13.8 Å². The molecule has 0 unspecified atom stereocenters. The summed E-state index contributed by atoms with van der Waals surface area (Å²) in [5.74, 6) is -0.586. The Morgan fingerprint density at radius 3 is 2.58 bits per heavy atom. The summed E-state index contributed by atoms with van der Waals surface area (Å²) in [4.78, 5) is 54.0. The number of hydrogen-bond donors (Lipinski definition) is 1. The number of aromatic nitrogens is 4. The van der Waals surface area contributed by atoms with Crippen molar-refractivity contribution in [2.24, 2.45) is 20.0 Å². The van der Waals surface area contributed by atoms with Crippen LogP contribution >= 0.6 is 11.3 Å². The van der Waals surface area contributed by atoms with E-state index in [1.165, 1.54) is 40.9 Å². The molecule has 0 fully saturated rings. The van der Waals surface area contributed by atoms with Gasteiger partial charge in [0, 0.05) is 14.1 Å². The highest BCUT2D eigenvalue weighted by molar-refractivity contribution is 7.15. The van der Waals surface area contributed by atoms with Crippen molar-refractivity contribution >= 4 is 39.4 Å². The number of carbonyl (C=O) groups excluding carboxylic acids is 2. The zero-order chi connectivity index (χ0) is 22.9. The molecule has 0 aromatic carbocycles. The van der Waals surface area contributed by atoms with Crippen molar-refractivity contribution < 1.29 is 14.3 Å². The maximum Gasteiger partial charge on any atom is 0.341 e. The standard InChI is InChI=1S/C20H25N5O5S/c1-6-30-19(28)14-12(7-11(2)3)9-31-17(14)22-13(26)8-25-10-21-16-15(25)18(27)24(5)20(29)23(16)4/h9-11H,6-8H2,1-5H3,(H,22,26). The highest BCUT2D eigenvalue weighted by atomic mass is 32.1. The van der Waals surface area contributed by atoms with Gasteiger partial charge < -0.3 is 14.6 Å². The molecule has 0 saturated carbocycles. The average Bonchev–Trinajstić information content (AvgIpc) is 3.28. The molecule has 166 valence electrons. The number of nitrogens with zero attached hydrogens (tertiary/aromatic N) is 4. The van der Waals surface area contributed by atoms with E-state index in [4.69, 9.17) is 4.74 Å². The number of esters is 1. The lowest BCUT2D eigenvalue weighted by Crippen LogP contribution is -2.37. The molecule has 3 rings (SSSR count). The van der Waals surface area contributed by atoms with Gasteiger partial charge in [-0.15, -0.1) is 11.3 Å². The molecule has 0 atom stereocenters. The first-order chi connectivity index (χ1) is 14.6. The van der Waals surface area contributed by atoms with Gasteiger partial charge in [-0.05, 0) is 30.2 Å². The highest BCUT2D eigenvalue weighted by Crippen LogP contribution is 2.31. The number of anilines is 1. The van der Waals surface area contributed by atoms with E-state index in [0.717, 1.165) is 10.1 Å². The number of amides is 1. The van der Waals surface area contributed by atoms with E-state index in [2.05, 4.69) is 10.3 Å². The Kier molecular flexibility index (Phi) is 6.44. The summed E-state index contributed by atoms with van der Waals surface area (Å²) in [6, 6.07) is 0. The minimum absolute atomic E-state index is 0.150. The molecule has 10 nitrogen and oxygen atoms in total. The molecule has 0 spiro atoms. The minimum Gasteiger partial charge on any atom is -0.462 e. The molecule has 1 amide bonds. The van der Waals surface area contributed by atoms with Crippen molar-refractivity contribution in [2.45, 2.75) is 33.7 Å². The Morgan fingerprint density at radius 1 is 1.23 bits per heavy atom. The second kappa shape index (κ2) is 8.88. The summed E-state index contributed by atoms with van der Waals surface area (Å²) < 4.78 is 8.78. The largest absolute Gasteiger partial charge is 0.462 e. The predicted molar refractivity (Wildman–Crippen MR) is 118 cm³/mol.